The van der Waals surface area contributed by atoms with E-state index in [2.05, 4.69) is 16.8 Å². The summed E-state index contributed by atoms with van der Waals surface area (Å²) in [6, 6.07) is 2.07. The van der Waals surface area contributed by atoms with Crippen LogP contribution in [0.15, 0.2) is 18.7 Å². The first-order valence-electron chi connectivity index (χ1n) is 5.90. The second kappa shape index (κ2) is 5.41. The highest BCUT2D eigenvalue weighted by molar-refractivity contribution is 7.18. The van der Waals surface area contributed by atoms with E-state index in [4.69, 9.17) is 11.5 Å². The Hall–Kier alpha value is -1.53. The lowest BCUT2D eigenvalue weighted by Crippen LogP contribution is -2.25. The fourth-order valence-electron chi connectivity index (χ4n) is 1.96. The molecule has 1 aliphatic heterocycles. The molecule has 0 spiro atoms. The Balaban J connectivity index is 2.11. The molecule has 1 amide bonds. The second-order valence-electron chi connectivity index (χ2n) is 4.36. The summed E-state index contributed by atoms with van der Waals surface area (Å²) in [7, 11) is 0. The van der Waals surface area contributed by atoms with Crippen molar-refractivity contribution in [3.05, 3.63) is 23.6 Å². The second-order valence-corrected chi connectivity index (χ2v) is 5.39. The van der Waals surface area contributed by atoms with Crippen molar-refractivity contribution < 1.29 is 4.79 Å². The molecule has 0 saturated carbocycles. The fraction of sp³-hybridized carbons (Fsp3) is 0.417. The summed E-state index contributed by atoms with van der Waals surface area (Å²) in [6.07, 6.45) is 2.62. The molecule has 5 N–H and O–H groups in total. The van der Waals surface area contributed by atoms with Crippen LogP contribution in [0, 0.1) is 0 Å². The SMILES string of the molecule is C=CCNC(=O)c1sc(N2CCC(N)C2)cc1N. The molecule has 6 heteroatoms. The van der Waals surface area contributed by atoms with Gasteiger partial charge in [0.1, 0.15) is 4.88 Å². The van der Waals surface area contributed by atoms with Crippen molar-refractivity contribution in [3.63, 3.8) is 0 Å². The summed E-state index contributed by atoms with van der Waals surface area (Å²) in [4.78, 5) is 14.6. The molecule has 1 aliphatic rings. The largest absolute Gasteiger partial charge is 0.397 e. The predicted molar refractivity (Wildman–Crippen MR) is 76.1 cm³/mol. The number of anilines is 2. The van der Waals surface area contributed by atoms with Gasteiger partial charge in [-0.1, -0.05) is 6.08 Å². The van der Waals surface area contributed by atoms with E-state index in [-0.39, 0.29) is 11.9 Å². The van der Waals surface area contributed by atoms with Crippen LogP contribution in [0.1, 0.15) is 16.1 Å². The number of nitrogens with one attached hydrogen (secondary N) is 1. The van der Waals surface area contributed by atoms with E-state index in [9.17, 15) is 4.79 Å². The Bertz CT molecular complexity index is 457. The summed E-state index contributed by atoms with van der Waals surface area (Å²) >= 11 is 1.42. The average Bonchev–Trinajstić information content (AvgIpc) is 2.92. The molecule has 2 rings (SSSR count). The molecular weight excluding hydrogens is 248 g/mol. The van der Waals surface area contributed by atoms with E-state index in [1.165, 1.54) is 11.3 Å². The third kappa shape index (κ3) is 2.65. The van der Waals surface area contributed by atoms with Crippen LogP contribution >= 0.6 is 11.3 Å². The molecule has 5 nitrogen and oxygen atoms in total. The van der Waals surface area contributed by atoms with E-state index in [1.807, 2.05) is 6.07 Å². The van der Waals surface area contributed by atoms with Gasteiger partial charge in [0, 0.05) is 25.7 Å². The zero-order valence-electron chi connectivity index (χ0n) is 10.2. The molecule has 0 bridgehead atoms. The van der Waals surface area contributed by atoms with Gasteiger partial charge >= 0.3 is 0 Å². The number of rotatable bonds is 4. The molecule has 98 valence electrons. The molecular formula is C12H18N4OS. The van der Waals surface area contributed by atoms with Crippen molar-refractivity contribution in [1.29, 1.82) is 0 Å². The number of carbonyl (C=O) groups is 1. The van der Waals surface area contributed by atoms with Crippen LogP contribution in [0.25, 0.3) is 0 Å². The first-order valence-corrected chi connectivity index (χ1v) is 6.72. The molecule has 1 unspecified atom stereocenters. The van der Waals surface area contributed by atoms with Crippen LogP contribution in [0.4, 0.5) is 10.7 Å². The fourth-order valence-corrected chi connectivity index (χ4v) is 2.99. The van der Waals surface area contributed by atoms with Crippen LogP contribution in [-0.4, -0.2) is 31.6 Å². The van der Waals surface area contributed by atoms with Crippen molar-refractivity contribution in [2.75, 3.05) is 30.3 Å². The summed E-state index contributed by atoms with van der Waals surface area (Å²) in [5.41, 5.74) is 12.3. The molecule has 1 saturated heterocycles. The minimum atomic E-state index is -0.146. The zero-order valence-corrected chi connectivity index (χ0v) is 11.0. The molecule has 1 atom stereocenters. The van der Waals surface area contributed by atoms with Crippen molar-refractivity contribution in [3.8, 4) is 0 Å². The maximum atomic E-state index is 11.8. The van der Waals surface area contributed by atoms with Gasteiger partial charge in [0.05, 0.1) is 10.7 Å². The molecule has 2 heterocycles. The standard InChI is InChI=1S/C12H18N4OS/c1-2-4-15-12(17)11-9(14)6-10(18-11)16-5-3-8(13)7-16/h2,6,8H,1,3-5,7,13-14H2,(H,15,17). The van der Waals surface area contributed by atoms with Crippen LogP contribution in [0.2, 0.25) is 0 Å². The Labute approximate surface area is 110 Å². The predicted octanol–water partition coefficient (Wildman–Crippen LogP) is 0.784. The smallest absolute Gasteiger partial charge is 0.263 e. The Morgan fingerprint density at radius 2 is 2.50 bits per heavy atom. The van der Waals surface area contributed by atoms with Gasteiger partial charge in [0.25, 0.3) is 5.91 Å². The van der Waals surface area contributed by atoms with Crippen molar-refractivity contribution >= 4 is 27.9 Å². The van der Waals surface area contributed by atoms with E-state index in [1.54, 1.807) is 6.08 Å². The Morgan fingerprint density at radius 1 is 1.72 bits per heavy atom. The Kier molecular flexibility index (Phi) is 3.88. The highest BCUT2D eigenvalue weighted by Crippen LogP contribution is 2.33. The number of hydrogen-bond donors (Lipinski definition) is 3. The van der Waals surface area contributed by atoms with Crippen molar-refractivity contribution in [1.82, 2.24) is 5.32 Å². The lowest BCUT2D eigenvalue weighted by Gasteiger charge is -2.14. The highest BCUT2D eigenvalue weighted by atomic mass is 32.1. The van der Waals surface area contributed by atoms with Crippen molar-refractivity contribution in [2.45, 2.75) is 12.5 Å². The van der Waals surface area contributed by atoms with E-state index < -0.39 is 0 Å². The van der Waals surface area contributed by atoms with Crippen molar-refractivity contribution in [2.24, 2.45) is 5.73 Å². The summed E-state index contributed by atoms with van der Waals surface area (Å²) in [6.45, 7) is 5.76. The molecule has 1 aromatic rings. The zero-order chi connectivity index (χ0) is 13.1. The number of carbonyl (C=O) groups excluding carboxylic acids is 1. The Morgan fingerprint density at radius 3 is 3.11 bits per heavy atom. The van der Waals surface area contributed by atoms with Gasteiger partial charge in [-0.25, -0.2) is 0 Å². The maximum Gasteiger partial charge on any atom is 0.263 e. The summed E-state index contributed by atoms with van der Waals surface area (Å²) in [5.74, 6) is -0.146. The van der Waals surface area contributed by atoms with E-state index in [0.29, 0.717) is 17.1 Å². The highest BCUT2D eigenvalue weighted by Gasteiger charge is 2.23. The van der Waals surface area contributed by atoms with Crippen LogP contribution < -0.4 is 21.7 Å². The molecule has 1 fully saturated rings. The number of nitrogens with two attached hydrogens (primary N) is 2. The number of thiophene rings is 1. The van der Waals surface area contributed by atoms with Crippen LogP contribution in [0.5, 0.6) is 0 Å². The van der Waals surface area contributed by atoms with Gasteiger partial charge in [0.15, 0.2) is 0 Å². The third-order valence-electron chi connectivity index (χ3n) is 2.90. The van der Waals surface area contributed by atoms with Crippen LogP contribution in [0.3, 0.4) is 0 Å². The number of hydrogen-bond acceptors (Lipinski definition) is 5. The molecule has 0 aromatic carbocycles. The molecule has 0 aliphatic carbocycles. The van der Waals surface area contributed by atoms with E-state index >= 15 is 0 Å². The normalized spacial score (nSPS) is 18.9. The lowest BCUT2D eigenvalue weighted by molar-refractivity contribution is 0.0963. The number of amides is 1. The van der Waals surface area contributed by atoms with Gasteiger partial charge < -0.3 is 21.7 Å². The van der Waals surface area contributed by atoms with Gasteiger partial charge in [-0.15, -0.1) is 17.9 Å². The topological polar surface area (TPSA) is 84.4 Å². The molecule has 1 aromatic heterocycles. The minimum Gasteiger partial charge on any atom is -0.397 e. The van der Waals surface area contributed by atoms with Crippen LogP contribution in [-0.2, 0) is 0 Å². The number of nitrogen functional groups attached to an aromatic ring is 1. The lowest BCUT2D eigenvalue weighted by atomic mass is 10.3. The summed E-state index contributed by atoms with van der Waals surface area (Å²) in [5, 5.41) is 3.75. The number of nitrogens with zero attached hydrogens (tertiary/aromatic N) is 1. The molecule has 18 heavy (non-hydrogen) atoms. The summed E-state index contributed by atoms with van der Waals surface area (Å²) < 4.78 is 0. The first-order chi connectivity index (χ1) is 8.61. The van der Waals surface area contributed by atoms with E-state index in [0.717, 1.165) is 24.5 Å². The third-order valence-corrected chi connectivity index (χ3v) is 4.11. The quantitative estimate of drug-likeness (QED) is 0.703. The maximum absolute atomic E-state index is 11.8. The van der Waals surface area contributed by atoms with Gasteiger partial charge in [-0.05, 0) is 12.5 Å². The van der Waals surface area contributed by atoms with Gasteiger partial charge in [-0.3, -0.25) is 4.79 Å². The minimum absolute atomic E-state index is 0.146. The van der Waals surface area contributed by atoms with Gasteiger partial charge in [0.2, 0.25) is 0 Å². The first kappa shape index (κ1) is 12.9. The average molecular weight is 266 g/mol. The molecule has 0 radical (unpaired) electrons. The monoisotopic (exact) mass is 266 g/mol. The van der Waals surface area contributed by atoms with Gasteiger partial charge in [-0.2, -0.15) is 0 Å².